The number of halogens is 1. The van der Waals surface area contributed by atoms with E-state index in [9.17, 15) is 9.59 Å². The van der Waals surface area contributed by atoms with Gasteiger partial charge in [-0.2, -0.15) is 0 Å². The monoisotopic (exact) mass is 199 g/mol. The number of hydrogen-bond acceptors (Lipinski definition) is 4. The van der Waals surface area contributed by atoms with Crippen molar-refractivity contribution in [3.63, 3.8) is 0 Å². The van der Waals surface area contributed by atoms with Gasteiger partial charge in [-0.15, -0.1) is 12.4 Å². The Bertz CT molecular complexity index is 155. The molecule has 0 aliphatic carbocycles. The van der Waals surface area contributed by atoms with Gasteiger partial charge < -0.3 is 21.1 Å². The lowest BCUT2D eigenvalue weighted by atomic mass is 10.1. The Balaban J connectivity index is 0. The van der Waals surface area contributed by atoms with Crippen molar-refractivity contribution in [2.45, 2.75) is 18.6 Å². The molecule has 5 N–H and O–H groups in total. The average Bonchev–Trinajstić information content (AvgIpc) is 1.87. The van der Waals surface area contributed by atoms with Crippen LogP contribution in [0.1, 0.15) is 6.42 Å². The van der Waals surface area contributed by atoms with Gasteiger partial charge in [-0.3, -0.25) is 4.79 Å². The number of carbonyl (C=O) groups is 2. The average molecular weight is 200 g/mol. The van der Waals surface area contributed by atoms with Crippen LogP contribution in [0.4, 0.5) is 0 Å². The van der Waals surface area contributed by atoms with Crippen LogP contribution in [-0.2, 0) is 9.59 Å². The molecule has 0 fully saturated rings. The highest BCUT2D eigenvalue weighted by atomic mass is 35.5. The van der Waals surface area contributed by atoms with E-state index in [4.69, 9.17) is 21.1 Å². The number of aliphatic carboxylic acids is 2. The number of aliphatic hydroxyl groups excluding tert-OH is 1. The molecule has 0 heterocycles. The van der Waals surface area contributed by atoms with Gasteiger partial charge in [-0.1, -0.05) is 0 Å². The molecule has 7 heteroatoms. The zero-order chi connectivity index (χ0) is 9.02. The molecule has 0 aromatic carbocycles. The third-order valence-electron chi connectivity index (χ3n) is 1.08. The first kappa shape index (κ1) is 13.7. The summed E-state index contributed by atoms with van der Waals surface area (Å²) >= 11 is 0. The third kappa shape index (κ3) is 4.89. The number of nitrogens with two attached hydrogens (primary N) is 1. The molecule has 0 spiro atoms. The Hall–Kier alpha value is -0.850. The van der Waals surface area contributed by atoms with E-state index in [1.165, 1.54) is 0 Å². The summed E-state index contributed by atoms with van der Waals surface area (Å²) in [4.78, 5) is 20.0. The lowest BCUT2D eigenvalue weighted by Crippen LogP contribution is -2.36. The fraction of sp³-hybridized carbons (Fsp3) is 0.600. The maximum atomic E-state index is 10.0. The van der Waals surface area contributed by atoms with Crippen LogP contribution in [-0.4, -0.2) is 39.4 Å². The lowest BCUT2D eigenvalue weighted by molar-refractivity contribution is -0.148. The van der Waals surface area contributed by atoms with Crippen LogP contribution in [0.25, 0.3) is 0 Å². The summed E-state index contributed by atoms with van der Waals surface area (Å²) in [5, 5.41) is 24.9. The first-order valence-electron chi connectivity index (χ1n) is 2.84. The van der Waals surface area contributed by atoms with E-state index < -0.39 is 30.5 Å². The largest absolute Gasteiger partial charge is 0.480 e. The van der Waals surface area contributed by atoms with Crippen LogP contribution in [0.3, 0.4) is 0 Å². The zero-order valence-electron chi connectivity index (χ0n) is 6.01. The van der Waals surface area contributed by atoms with Crippen molar-refractivity contribution in [1.82, 2.24) is 0 Å². The maximum absolute atomic E-state index is 10.0. The standard InChI is InChI=1S/C5H9NO5.ClH/c6-2(4(8)9)1-3(7)5(10)11;/h2-3,7H,1,6H2,(H,8,9)(H,10,11);1H/t2-,3-;/m0./s1. The highest BCUT2D eigenvalue weighted by Gasteiger charge is 2.21. The van der Waals surface area contributed by atoms with Crippen molar-refractivity contribution < 1.29 is 24.9 Å². The molecule has 72 valence electrons. The van der Waals surface area contributed by atoms with Crippen molar-refractivity contribution >= 4 is 24.3 Å². The van der Waals surface area contributed by atoms with E-state index in [2.05, 4.69) is 0 Å². The molecule has 0 aromatic rings. The number of carboxylic acids is 2. The highest BCUT2D eigenvalue weighted by molar-refractivity contribution is 5.85. The fourth-order valence-corrected chi connectivity index (χ4v) is 0.442. The summed E-state index contributed by atoms with van der Waals surface area (Å²) in [6.45, 7) is 0. The Morgan fingerprint density at radius 1 is 1.25 bits per heavy atom. The molecule has 0 rings (SSSR count). The second kappa shape index (κ2) is 5.76. The Morgan fingerprint density at radius 2 is 1.67 bits per heavy atom. The number of hydrogen-bond donors (Lipinski definition) is 4. The van der Waals surface area contributed by atoms with Gasteiger partial charge in [-0.25, -0.2) is 4.79 Å². The van der Waals surface area contributed by atoms with Crippen molar-refractivity contribution in [3.05, 3.63) is 0 Å². The molecule has 0 amide bonds. The Labute approximate surface area is 74.4 Å². The summed E-state index contributed by atoms with van der Waals surface area (Å²) in [6.07, 6.45) is -2.19. The normalized spacial score (nSPS) is 14.2. The van der Waals surface area contributed by atoms with E-state index in [-0.39, 0.29) is 12.4 Å². The number of aliphatic hydroxyl groups is 1. The lowest BCUT2D eigenvalue weighted by Gasteiger charge is -2.07. The zero-order valence-corrected chi connectivity index (χ0v) is 6.82. The van der Waals surface area contributed by atoms with Crippen LogP contribution >= 0.6 is 12.4 Å². The quantitative estimate of drug-likeness (QED) is 0.445. The second-order valence-electron chi connectivity index (χ2n) is 2.03. The molecule has 0 unspecified atom stereocenters. The first-order chi connectivity index (χ1) is 4.95. The van der Waals surface area contributed by atoms with Gasteiger partial charge in [0.15, 0.2) is 6.10 Å². The molecule has 0 aliphatic heterocycles. The number of rotatable bonds is 4. The Morgan fingerprint density at radius 3 is 1.92 bits per heavy atom. The summed E-state index contributed by atoms with van der Waals surface area (Å²) in [5.74, 6) is -2.80. The van der Waals surface area contributed by atoms with Crippen LogP contribution < -0.4 is 5.73 Å². The molecule has 0 saturated carbocycles. The van der Waals surface area contributed by atoms with Gasteiger partial charge in [0.1, 0.15) is 6.04 Å². The van der Waals surface area contributed by atoms with Gasteiger partial charge in [0.25, 0.3) is 0 Å². The van der Waals surface area contributed by atoms with Crippen LogP contribution in [0.15, 0.2) is 0 Å². The van der Waals surface area contributed by atoms with E-state index >= 15 is 0 Å². The SMILES string of the molecule is Cl.N[C@@H](C[C@H](O)C(=O)O)C(=O)O. The van der Waals surface area contributed by atoms with Crippen molar-refractivity contribution in [2.75, 3.05) is 0 Å². The molecule has 0 saturated heterocycles. The molecule has 2 atom stereocenters. The van der Waals surface area contributed by atoms with E-state index in [1.807, 2.05) is 0 Å². The highest BCUT2D eigenvalue weighted by Crippen LogP contribution is 1.95. The predicted octanol–water partition coefficient (Wildman–Crippen LogP) is -1.34. The Kier molecular flexibility index (Phi) is 6.58. The molecule has 6 nitrogen and oxygen atoms in total. The van der Waals surface area contributed by atoms with Crippen molar-refractivity contribution in [2.24, 2.45) is 5.73 Å². The summed E-state index contributed by atoms with van der Waals surface area (Å²) in [7, 11) is 0. The third-order valence-corrected chi connectivity index (χ3v) is 1.08. The smallest absolute Gasteiger partial charge is 0.332 e. The maximum Gasteiger partial charge on any atom is 0.332 e. The second-order valence-corrected chi connectivity index (χ2v) is 2.03. The van der Waals surface area contributed by atoms with Gasteiger partial charge in [0, 0.05) is 6.42 Å². The predicted molar refractivity (Wildman–Crippen MR) is 41.1 cm³/mol. The number of carboxylic acid groups (broad SMARTS) is 2. The van der Waals surface area contributed by atoms with E-state index in [1.54, 1.807) is 0 Å². The first-order valence-corrected chi connectivity index (χ1v) is 2.84. The molecular weight excluding hydrogens is 190 g/mol. The van der Waals surface area contributed by atoms with E-state index in [0.717, 1.165) is 0 Å². The summed E-state index contributed by atoms with van der Waals surface area (Å²) < 4.78 is 0. The minimum Gasteiger partial charge on any atom is -0.480 e. The molecular formula is C5H10ClNO5. The minimum atomic E-state index is -1.71. The van der Waals surface area contributed by atoms with Crippen molar-refractivity contribution in [1.29, 1.82) is 0 Å². The molecule has 0 aromatic heterocycles. The van der Waals surface area contributed by atoms with Crippen LogP contribution in [0.5, 0.6) is 0 Å². The summed E-state index contributed by atoms with van der Waals surface area (Å²) in [5.41, 5.74) is 4.93. The van der Waals surface area contributed by atoms with Crippen molar-refractivity contribution in [3.8, 4) is 0 Å². The van der Waals surface area contributed by atoms with Crippen LogP contribution in [0.2, 0.25) is 0 Å². The van der Waals surface area contributed by atoms with Crippen LogP contribution in [0, 0.1) is 0 Å². The topological polar surface area (TPSA) is 121 Å². The molecule has 0 aliphatic rings. The molecule has 12 heavy (non-hydrogen) atoms. The minimum absolute atomic E-state index is 0. The van der Waals surface area contributed by atoms with Gasteiger partial charge >= 0.3 is 11.9 Å². The molecule has 0 radical (unpaired) electrons. The van der Waals surface area contributed by atoms with Gasteiger partial charge in [0.2, 0.25) is 0 Å². The van der Waals surface area contributed by atoms with Gasteiger partial charge in [0.05, 0.1) is 0 Å². The molecule has 0 bridgehead atoms. The summed E-state index contributed by atoms with van der Waals surface area (Å²) in [6, 6.07) is -1.33. The fourth-order valence-electron chi connectivity index (χ4n) is 0.442. The van der Waals surface area contributed by atoms with Gasteiger partial charge in [-0.05, 0) is 0 Å². The van der Waals surface area contributed by atoms with E-state index in [0.29, 0.717) is 0 Å².